The highest BCUT2D eigenvalue weighted by Gasteiger charge is 2.45. The lowest BCUT2D eigenvalue weighted by Gasteiger charge is -2.24. The predicted molar refractivity (Wildman–Crippen MR) is 179 cm³/mol. The number of carbonyl (C=O) groups is 2. The van der Waals surface area contributed by atoms with E-state index in [0.29, 0.717) is 40.4 Å². The SMILES string of the molecule is CCCCCOc1ccc(C2C(C(=O)/C=C/c3ccccc3)=C(O)C(=O)N2c2nnc(SCc3ccc(F)cc3)s2)cc1OCC. The van der Waals surface area contributed by atoms with Gasteiger partial charge in [0.25, 0.3) is 5.91 Å². The van der Waals surface area contributed by atoms with Crippen molar-refractivity contribution in [2.75, 3.05) is 18.1 Å². The Kier molecular flexibility index (Phi) is 11.2. The van der Waals surface area contributed by atoms with Crippen molar-refractivity contribution >= 4 is 46.0 Å². The molecule has 1 aliphatic rings. The van der Waals surface area contributed by atoms with Gasteiger partial charge in [0.1, 0.15) is 5.82 Å². The second kappa shape index (κ2) is 15.7. The first-order valence-electron chi connectivity index (χ1n) is 15.0. The summed E-state index contributed by atoms with van der Waals surface area (Å²) in [5.41, 5.74) is 2.15. The second-order valence-electron chi connectivity index (χ2n) is 10.4. The zero-order chi connectivity index (χ0) is 32.5. The van der Waals surface area contributed by atoms with Crippen molar-refractivity contribution in [1.29, 1.82) is 0 Å². The maximum atomic E-state index is 13.7. The second-order valence-corrected chi connectivity index (χ2v) is 12.6. The van der Waals surface area contributed by atoms with Crippen LogP contribution in [0.4, 0.5) is 9.52 Å². The first kappa shape index (κ1) is 32.9. The molecule has 4 aromatic rings. The van der Waals surface area contributed by atoms with Crippen molar-refractivity contribution in [2.45, 2.75) is 49.2 Å². The molecule has 5 rings (SSSR count). The van der Waals surface area contributed by atoms with Crippen LogP contribution in [0.5, 0.6) is 11.5 Å². The Morgan fingerprint density at radius 1 is 1.02 bits per heavy atom. The fraction of sp³-hybridized carbons (Fsp3) is 0.257. The molecule has 1 amide bonds. The summed E-state index contributed by atoms with van der Waals surface area (Å²) >= 11 is 2.55. The van der Waals surface area contributed by atoms with Crippen molar-refractivity contribution < 1.29 is 28.6 Å². The summed E-state index contributed by atoms with van der Waals surface area (Å²) < 4.78 is 25.8. The average molecular weight is 660 g/mol. The van der Waals surface area contributed by atoms with E-state index in [4.69, 9.17) is 9.47 Å². The van der Waals surface area contributed by atoms with Crippen molar-refractivity contribution in [3.63, 3.8) is 0 Å². The van der Waals surface area contributed by atoms with Crippen molar-refractivity contribution in [3.8, 4) is 11.5 Å². The Labute approximate surface area is 275 Å². The quantitative estimate of drug-likeness (QED) is 0.0591. The average Bonchev–Trinajstić information content (AvgIpc) is 3.64. The molecule has 238 valence electrons. The summed E-state index contributed by atoms with van der Waals surface area (Å²) in [6.45, 7) is 4.89. The number of unbranched alkanes of at least 4 members (excludes halogenated alkanes) is 2. The number of aromatic nitrogens is 2. The number of anilines is 1. The smallest absolute Gasteiger partial charge is 0.296 e. The maximum absolute atomic E-state index is 13.7. The molecule has 0 spiro atoms. The number of benzene rings is 3. The molecule has 0 bridgehead atoms. The van der Waals surface area contributed by atoms with Gasteiger partial charge < -0.3 is 14.6 Å². The molecule has 3 aromatic carbocycles. The van der Waals surface area contributed by atoms with Gasteiger partial charge in [-0.2, -0.15) is 0 Å². The fourth-order valence-electron chi connectivity index (χ4n) is 4.90. The molecule has 8 nitrogen and oxygen atoms in total. The van der Waals surface area contributed by atoms with E-state index in [1.807, 2.05) is 37.3 Å². The predicted octanol–water partition coefficient (Wildman–Crippen LogP) is 8.12. The van der Waals surface area contributed by atoms with Gasteiger partial charge in [-0.1, -0.05) is 97.5 Å². The Bertz CT molecular complexity index is 1720. The van der Waals surface area contributed by atoms with E-state index >= 15 is 0 Å². The minimum atomic E-state index is -1.00. The Morgan fingerprint density at radius 3 is 2.54 bits per heavy atom. The lowest BCUT2D eigenvalue weighted by Crippen LogP contribution is -2.31. The first-order chi connectivity index (χ1) is 22.4. The van der Waals surface area contributed by atoms with Crippen LogP contribution in [0.1, 0.15) is 55.8 Å². The summed E-state index contributed by atoms with van der Waals surface area (Å²) in [6.07, 6.45) is 6.00. The van der Waals surface area contributed by atoms with Crippen LogP contribution in [-0.4, -0.2) is 40.2 Å². The van der Waals surface area contributed by atoms with Gasteiger partial charge in [0.05, 0.1) is 24.8 Å². The molecular formula is C35H34FN3O5S2. The molecule has 0 fully saturated rings. The van der Waals surface area contributed by atoms with E-state index in [0.717, 1.165) is 41.7 Å². The van der Waals surface area contributed by atoms with E-state index in [1.54, 1.807) is 36.4 Å². The van der Waals surface area contributed by atoms with Crippen LogP contribution < -0.4 is 14.4 Å². The summed E-state index contributed by atoms with van der Waals surface area (Å²) in [5.74, 6) is -0.707. The number of hydrogen-bond acceptors (Lipinski definition) is 9. The number of carbonyl (C=O) groups excluding carboxylic acids is 2. The molecule has 46 heavy (non-hydrogen) atoms. The van der Waals surface area contributed by atoms with Gasteiger partial charge in [-0.3, -0.25) is 14.5 Å². The summed E-state index contributed by atoms with van der Waals surface area (Å²) in [5, 5.41) is 19.9. The number of aliphatic hydroxyl groups excluding tert-OH is 1. The minimum Gasteiger partial charge on any atom is -0.503 e. The van der Waals surface area contributed by atoms with Crippen LogP contribution in [0.15, 0.2) is 94.5 Å². The van der Waals surface area contributed by atoms with E-state index in [9.17, 15) is 19.1 Å². The van der Waals surface area contributed by atoms with Crippen LogP contribution in [0, 0.1) is 5.82 Å². The number of rotatable bonds is 15. The number of ether oxygens (including phenoxy) is 2. The van der Waals surface area contributed by atoms with Crippen LogP contribution in [0.2, 0.25) is 0 Å². The summed E-state index contributed by atoms with van der Waals surface area (Å²) in [4.78, 5) is 28.7. The van der Waals surface area contributed by atoms with Gasteiger partial charge >= 0.3 is 0 Å². The van der Waals surface area contributed by atoms with E-state index < -0.39 is 23.5 Å². The standard InChI is InChI=1S/C35H34FN3O5S2/c1-3-5-9-20-44-28-19-15-25(21-29(28)43-4-2)31-30(27(40)18-14-23-10-7-6-8-11-23)32(41)33(42)39(31)34-37-38-35(46-34)45-22-24-12-16-26(36)17-13-24/h6-8,10-19,21,31,41H,3-5,9,20,22H2,1-2H3/b18-14+. The third-order valence-electron chi connectivity index (χ3n) is 7.17. The normalized spacial score (nSPS) is 14.8. The lowest BCUT2D eigenvalue weighted by molar-refractivity contribution is -0.117. The third kappa shape index (κ3) is 7.83. The Morgan fingerprint density at radius 2 is 1.80 bits per heavy atom. The van der Waals surface area contributed by atoms with E-state index in [2.05, 4.69) is 17.1 Å². The number of allylic oxidation sites excluding steroid dienone is 1. The number of aliphatic hydroxyl groups is 1. The molecule has 1 aromatic heterocycles. The first-order valence-corrected chi connectivity index (χ1v) is 16.8. The fourth-order valence-corrected chi connectivity index (χ4v) is 6.72. The minimum absolute atomic E-state index is 0.0769. The molecule has 11 heteroatoms. The van der Waals surface area contributed by atoms with Gasteiger partial charge in [-0.15, -0.1) is 10.2 Å². The van der Waals surface area contributed by atoms with Crippen LogP contribution in [0.25, 0.3) is 6.08 Å². The highest BCUT2D eigenvalue weighted by atomic mass is 32.2. The number of ketones is 1. The zero-order valence-electron chi connectivity index (χ0n) is 25.5. The lowest BCUT2D eigenvalue weighted by atomic mass is 9.95. The summed E-state index contributed by atoms with van der Waals surface area (Å²) in [7, 11) is 0. The topological polar surface area (TPSA) is 102 Å². The van der Waals surface area contributed by atoms with Crippen LogP contribution >= 0.6 is 23.1 Å². The van der Waals surface area contributed by atoms with Crippen molar-refractivity contribution in [2.24, 2.45) is 0 Å². The number of hydrogen-bond donors (Lipinski definition) is 1. The summed E-state index contributed by atoms with van der Waals surface area (Å²) in [6, 6.07) is 19.7. The molecule has 1 unspecified atom stereocenters. The molecule has 1 aliphatic heterocycles. The van der Waals surface area contributed by atoms with Crippen molar-refractivity contribution in [1.82, 2.24) is 10.2 Å². The van der Waals surface area contributed by atoms with Crippen LogP contribution in [-0.2, 0) is 15.3 Å². The van der Waals surface area contributed by atoms with E-state index in [1.165, 1.54) is 34.9 Å². The van der Waals surface area contributed by atoms with E-state index in [-0.39, 0.29) is 16.5 Å². The van der Waals surface area contributed by atoms with Crippen LogP contribution in [0.3, 0.4) is 0 Å². The highest BCUT2D eigenvalue weighted by Crippen LogP contribution is 2.45. The molecule has 1 atom stereocenters. The Balaban J connectivity index is 1.49. The van der Waals surface area contributed by atoms with Gasteiger partial charge in [-0.05, 0) is 60.4 Å². The third-order valence-corrected chi connectivity index (χ3v) is 9.29. The number of amides is 1. The highest BCUT2D eigenvalue weighted by molar-refractivity contribution is 8.00. The molecule has 2 heterocycles. The van der Waals surface area contributed by atoms with Gasteiger partial charge in [0.2, 0.25) is 5.13 Å². The molecule has 0 saturated heterocycles. The van der Waals surface area contributed by atoms with Crippen molar-refractivity contribution in [3.05, 3.63) is 113 Å². The van der Waals surface area contributed by atoms with Gasteiger partial charge in [-0.25, -0.2) is 4.39 Å². The molecular weight excluding hydrogens is 626 g/mol. The zero-order valence-corrected chi connectivity index (χ0v) is 27.2. The number of thioether (sulfide) groups is 1. The monoisotopic (exact) mass is 659 g/mol. The Hall–Kier alpha value is -4.48. The molecule has 0 saturated carbocycles. The number of halogens is 1. The van der Waals surface area contributed by atoms with Gasteiger partial charge in [0.15, 0.2) is 27.4 Å². The maximum Gasteiger partial charge on any atom is 0.296 e. The largest absolute Gasteiger partial charge is 0.503 e. The van der Waals surface area contributed by atoms with Gasteiger partial charge in [0, 0.05) is 5.75 Å². The molecule has 0 radical (unpaired) electrons. The number of nitrogens with zero attached hydrogens (tertiary/aromatic N) is 3. The molecule has 1 N–H and O–H groups in total. The molecule has 0 aliphatic carbocycles.